The predicted octanol–water partition coefficient (Wildman–Crippen LogP) is 17.8. The van der Waals surface area contributed by atoms with Gasteiger partial charge in [-0.3, -0.25) is 4.79 Å². The minimum absolute atomic E-state index is 0.258. The van der Waals surface area contributed by atoms with E-state index in [4.69, 9.17) is 18.9 Å². The number of unbranched alkanes of at least 4 members (excludes halogenated alkanes) is 31. The zero-order valence-electron chi connectivity index (χ0n) is 61.5. The van der Waals surface area contributed by atoms with E-state index >= 15 is 0 Å². The lowest BCUT2D eigenvalue weighted by Gasteiger charge is -2.46. The highest BCUT2D eigenvalue weighted by atomic mass is 16.7. The highest BCUT2D eigenvalue weighted by Gasteiger charge is 2.51. The van der Waals surface area contributed by atoms with Gasteiger partial charge in [0.05, 0.1) is 32.0 Å². The number of nitrogens with one attached hydrogen (secondary N) is 1. The number of hydrogen-bond donors (Lipinski definition) is 9. The van der Waals surface area contributed by atoms with Gasteiger partial charge in [0.25, 0.3) is 0 Å². The van der Waals surface area contributed by atoms with E-state index in [0.29, 0.717) is 12.8 Å². The van der Waals surface area contributed by atoms with Crippen molar-refractivity contribution in [3.63, 3.8) is 0 Å². The first kappa shape index (κ1) is 90.2. The maximum absolute atomic E-state index is 13.4. The summed E-state index contributed by atoms with van der Waals surface area (Å²) in [7, 11) is 0. The summed E-state index contributed by atoms with van der Waals surface area (Å²) in [5.41, 5.74) is 0. The number of ether oxygens (including phenoxy) is 4. The van der Waals surface area contributed by atoms with Crippen molar-refractivity contribution in [2.24, 2.45) is 0 Å². The van der Waals surface area contributed by atoms with Crippen LogP contribution in [-0.2, 0) is 23.7 Å². The van der Waals surface area contributed by atoms with Crippen molar-refractivity contribution < 1.29 is 64.6 Å². The fourth-order valence-electron chi connectivity index (χ4n) is 12.1. The number of amides is 1. The molecule has 2 aliphatic rings. The molecule has 562 valence electrons. The number of allylic oxidation sites excluding steroid dienone is 21. The molecule has 0 bridgehead atoms. The van der Waals surface area contributed by atoms with Crippen LogP contribution in [-0.4, -0.2) is 140 Å². The van der Waals surface area contributed by atoms with Gasteiger partial charge >= 0.3 is 0 Å². The molecular formula is C84H143NO13. The van der Waals surface area contributed by atoms with Crippen molar-refractivity contribution in [3.05, 3.63) is 134 Å². The van der Waals surface area contributed by atoms with Crippen molar-refractivity contribution in [1.29, 1.82) is 0 Å². The molecule has 2 heterocycles. The second-order valence-corrected chi connectivity index (χ2v) is 27.1. The van der Waals surface area contributed by atoms with E-state index < -0.39 is 86.8 Å². The molecule has 0 aliphatic carbocycles. The molecule has 0 aromatic carbocycles. The highest BCUT2D eigenvalue weighted by Crippen LogP contribution is 2.30. The number of rotatable bonds is 64. The van der Waals surface area contributed by atoms with Gasteiger partial charge in [-0.2, -0.15) is 0 Å². The molecule has 12 atom stereocenters. The van der Waals surface area contributed by atoms with E-state index in [-0.39, 0.29) is 18.9 Å². The summed E-state index contributed by atoms with van der Waals surface area (Å²) in [6.07, 6.45) is 82.3. The van der Waals surface area contributed by atoms with E-state index in [1.807, 2.05) is 6.08 Å². The number of carbonyl (C=O) groups is 1. The van der Waals surface area contributed by atoms with Crippen LogP contribution in [0.1, 0.15) is 296 Å². The number of aliphatic hydroxyl groups excluding tert-OH is 8. The summed E-state index contributed by atoms with van der Waals surface area (Å²) >= 11 is 0. The minimum Gasteiger partial charge on any atom is -0.394 e. The van der Waals surface area contributed by atoms with Crippen LogP contribution >= 0.6 is 0 Å². The largest absolute Gasteiger partial charge is 0.394 e. The molecule has 0 radical (unpaired) electrons. The van der Waals surface area contributed by atoms with Gasteiger partial charge in [0.15, 0.2) is 12.6 Å². The Balaban J connectivity index is 1.66. The highest BCUT2D eigenvalue weighted by molar-refractivity contribution is 5.76. The average molecular weight is 1380 g/mol. The standard InChI is InChI=1S/C84H143NO13/c1-3-5-7-9-11-13-15-17-19-21-23-25-27-29-31-32-33-34-35-36-37-38-39-40-42-44-46-48-50-52-54-56-58-60-62-64-66-68-76(89)85-72(71-95-83-81(94)79(92)82(75(70-87)97-83)98-84-80(93)78(91)77(90)74(69-86)96-84)73(88)67-65-63-61-59-57-55-53-51-49-47-45-43-41-30-28-26-24-22-20-18-16-14-12-10-8-6-4-2/h5,7,11,13,17,19,23,25,29,31,33-34,36-37,39-40,44,46,57,59,65,67,72-75,77-84,86-88,90-94H,3-4,6,8-10,12,14-16,18,20-22,24,26-28,30,32,35,38,41-43,45,47-56,58,60-64,66,68-71H2,1-2H3,(H,85,89)/b7-5-,13-11-,19-17-,25-23-,31-29-,34-33-,37-36-,40-39-,46-44-,59-57+,67-65+. The summed E-state index contributed by atoms with van der Waals surface area (Å²) in [4.78, 5) is 13.4. The summed E-state index contributed by atoms with van der Waals surface area (Å²) in [5.74, 6) is -0.258. The van der Waals surface area contributed by atoms with Crippen LogP contribution in [0.15, 0.2) is 134 Å². The van der Waals surface area contributed by atoms with Crippen LogP contribution in [0.25, 0.3) is 0 Å². The third-order valence-corrected chi connectivity index (χ3v) is 18.3. The molecule has 12 unspecified atom stereocenters. The van der Waals surface area contributed by atoms with Gasteiger partial charge in [0.2, 0.25) is 5.91 Å². The van der Waals surface area contributed by atoms with Crippen LogP contribution in [0.2, 0.25) is 0 Å². The van der Waals surface area contributed by atoms with Gasteiger partial charge < -0.3 is 65.1 Å². The summed E-state index contributed by atoms with van der Waals surface area (Å²) in [6, 6.07) is -0.946. The normalized spacial score (nSPS) is 22.8. The lowest BCUT2D eigenvalue weighted by molar-refractivity contribution is -0.359. The maximum atomic E-state index is 13.4. The van der Waals surface area contributed by atoms with E-state index in [1.54, 1.807) is 6.08 Å². The summed E-state index contributed by atoms with van der Waals surface area (Å²) < 4.78 is 22.9. The predicted molar refractivity (Wildman–Crippen MR) is 405 cm³/mol. The molecule has 2 saturated heterocycles. The van der Waals surface area contributed by atoms with Crippen LogP contribution in [0.5, 0.6) is 0 Å². The van der Waals surface area contributed by atoms with Gasteiger partial charge in [-0.05, 0) is 103 Å². The van der Waals surface area contributed by atoms with Crippen molar-refractivity contribution in [1.82, 2.24) is 5.32 Å². The SMILES string of the molecule is CC/C=C\C/C=C\C/C=C\C/C=C\C/C=C\C/C=C\C/C=C\C/C=C\C/C=C\CCCCCCCCCCCC(=O)NC(COC1OC(CO)C(OC2OC(CO)C(O)C(O)C2O)C(O)C1O)C(O)/C=C/CC/C=C/CCCCCCCCCCCCCCCCCCCCCCC. The molecule has 14 nitrogen and oxygen atoms in total. The molecule has 2 fully saturated rings. The maximum Gasteiger partial charge on any atom is 0.220 e. The monoisotopic (exact) mass is 1370 g/mol. The smallest absolute Gasteiger partial charge is 0.220 e. The van der Waals surface area contributed by atoms with Crippen LogP contribution in [0.3, 0.4) is 0 Å². The lowest BCUT2D eigenvalue weighted by atomic mass is 9.97. The number of hydrogen-bond acceptors (Lipinski definition) is 13. The van der Waals surface area contributed by atoms with Crippen LogP contribution < -0.4 is 5.32 Å². The Hall–Kier alpha value is -3.87. The summed E-state index contributed by atoms with van der Waals surface area (Å²) in [6.45, 7) is 2.69. The molecular weight excluding hydrogens is 1230 g/mol. The topological polar surface area (TPSA) is 228 Å². The van der Waals surface area contributed by atoms with Gasteiger partial charge in [-0.25, -0.2) is 0 Å². The lowest BCUT2D eigenvalue weighted by Crippen LogP contribution is -2.65. The molecule has 0 aromatic rings. The molecule has 0 saturated carbocycles. The van der Waals surface area contributed by atoms with Gasteiger partial charge in [0, 0.05) is 6.42 Å². The molecule has 14 heteroatoms. The zero-order chi connectivity index (χ0) is 70.8. The third-order valence-electron chi connectivity index (χ3n) is 18.3. The fourth-order valence-corrected chi connectivity index (χ4v) is 12.1. The average Bonchev–Trinajstić information content (AvgIpc) is 0.793. The fraction of sp³-hybridized carbons (Fsp3) is 0.726. The molecule has 98 heavy (non-hydrogen) atoms. The third kappa shape index (κ3) is 48.9. The Kier molecular flexibility index (Phi) is 61.1. The number of aliphatic hydroxyl groups is 8. The Morgan fingerprint density at radius 2 is 0.714 bits per heavy atom. The van der Waals surface area contributed by atoms with E-state index in [9.17, 15) is 45.6 Å². The first-order valence-electron chi connectivity index (χ1n) is 39.4. The number of carbonyl (C=O) groups excluding carboxylic acids is 1. The van der Waals surface area contributed by atoms with Gasteiger partial charge in [0.1, 0.15) is 48.8 Å². The van der Waals surface area contributed by atoms with Crippen LogP contribution in [0, 0.1) is 0 Å². The molecule has 2 aliphatic heterocycles. The Morgan fingerprint density at radius 1 is 0.378 bits per heavy atom. The van der Waals surface area contributed by atoms with Crippen LogP contribution in [0.4, 0.5) is 0 Å². The molecule has 2 rings (SSSR count). The Bertz CT molecular complexity index is 2160. The molecule has 0 spiro atoms. The van der Waals surface area contributed by atoms with Crippen molar-refractivity contribution >= 4 is 5.91 Å². The minimum atomic E-state index is -1.80. The molecule has 9 N–H and O–H groups in total. The molecule has 1 amide bonds. The van der Waals surface area contributed by atoms with Crippen molar-refractivity contribution in [2.75, 3.05) is 19.8 Å². The second-order valence-electron chi connectivity index (χ2n) is 27.1. The second kappa shape index (κ2) is 66.4. The van der Waals surface area contributed by atoms with E-state index in [0.717, 1.165) is 103 Å². The van der Waals surface area contributed by atoms with Gasteiger partial charge in [-0.15, -0.1) is 0 Å². The van der Waals surface area contributed by atoms with Crippen molar-refractivity contribution in [3.8, 4) is 0 Å². The van der Waals surface area contributed by atoms with E-state index in [1.165, 1.54) is 161 Å². The Labute approximate surface area is 596 Å². The summed E-state index contributed by atoms with van der Waals surface area (Å²) in [5, 5.41) is 87.6. The first-order chi connectivity index (χ1) is 48.1. The van der Waals surface area contributed by atoms with Crippen molar-refractivity contribution in [2.45, 2.75) is 370 Å². The first-order valence-corrected chi connectivity index (χ1v) is 39.4. The quantitative estimate of drug-likeness (QED) is 0.0204. The molecule has 0 aromatic heterocycles. The van der Waals surface area contributed by atoms with Gasteiger partial charge in [-0.1, -0.05) is 321 Å². The van der Waals surface area contributed by atoms with E-state index in [2.05, 4.69) is 141 Å². The Morgan fingerprint density at radius 3 is 1.12 bits per heavy atom. The zero-order valence-corrected chi connectivity index (χ0v) is 61.5.